The van der Waals surface area contributed by atoms with Crippen molar-refractivity contribution in [2.75, 3.05) is 39.8 Å². The van der Waals surface area contributed by atoms with Crippen LogP contribution in [0.4, 0.5) is 0 Å². The molecule has 1 atom stereocenters. The molecule has 0 aliphatic carbocycles. The Bertz CT molecular complexity index is 495. The molecule has 0 spiro atoms. The molecule has 0 aromatic heterocycles. The van der Waals surface area contributed by atoms with Crippen LogP contribution in [0.25, 0.3) is 0 Å². The van der Waals surface area contributed by atoms with E-state index in [1.165, 1.54) is 5.56 Å². The van der Waals surface area contributed by atoms with Crippen molar-refractivity contribution >= 4 is 5.91 Å². The van der Waals surface area contributed by atoms with E-state index >= 15 is 0 Å². The lowest BCUT2D eigenvalue weighted by molar-refractivity contribution is -0.128. The lowest BCUT2D eigenvalue weighted by Gasteiger charge is -2.40. The van der Waals surface area contributed by atoms with Crippen LogP contribution in [0.15, 0.2) is 30.3 Å². The van der Waals surface area contributed by atoms with Crippen LogP contribution in [0.5, 0.6) is 0 Å². The molecule has 128 valence electrons. The first-order valence-electron chi connectivity index (χ1n) is 8.64. The number of piperazine rings is 1. The number of hydrogen-bond donors (Lipinski definition) is 1. The topological polar surface area (TPSA) is 35.6 Å². The normalized spacial score (nSPS) is 20.4. The van der Waals surface area contributed by atoms with Crippen molar-refractivity contribution in [1.29, 1.82) is 0 Å². The van der Waals surface area contributed by atoms with Crippen molar-refractivity contribution in [2.24, 2.45) is 5.41 Å². The van der Waals surface area contributed by atoms with Crippen LogP contribution in [0.3, 0.4) is 0 Å². The van der Waals surface area contributed by atoms with Gasteiger partial charge in [0.2, 0.25) is 5.91 Å². The number of carbonyl (C=O) groups is 1. The smallest absolute Gasteiger partial charge is 0.225 e. The maximum Gasteiger partial charge on any atom is 0.225 e. The van der Waals surface area contributed by atoms with Crippen LogP contribution < -0.4 is 5.32 Å². The molecule has 1 aliphatic rings. The molecular formula is C19H31N3O. The number of hydrogen-bond acceptors (Lipinski definition) is 3. The molecule has 0 bridgehead atoms. The third kappa shape index (κ3) is 5.33. The molecule has 1 aromatic carbocycles. The molecule has 1 heterocycles. The van der Waals surface area contributed by atoms with Gasteiger partial charge in [0.15, 0.2) is 0 Å². The molecule has 1 N–H and O–H groups in total. The molecule has 0 radical (unpaired) electrons. The van der Waals surface area contributed by atoms with Crippen molar-refractivity contribution in [3.63, 3.8) is 0 Å². The second-order valence-corrected chi connectivity index (χ2v) is 7.58. The predicted octanol–water partition coefficient (Wildman–Crippen LogP) is 2.53. The van der Waals surface area contributed by atoms with E-state index in [0.717, 1.165) is 39.1 Å². The average Bonchev–Trinajstić information content (AvgIpc) is 2.52. The Morgan fingerprint density at radius 2 is 1.91 bits per heavy atom. The van der Waals surface area contributed by atoms with E-state index in [1.807, 2.05) is 20.8 Å². The van der Waals surface area contributed by atoms with Gasteiger partial charge in [0.05, 0.1) is 0 Å². The Hall–Kier alpha value is -1.39. The highest BCUT2D eigenvalue weighted by Gasteiger charge is 2.26. The Morgan fingerprint density at radius 3 is 2.57 bits per heavy atom. The SMILES string of the molecule is CN1CCN(CCCNC(=O)C(C)(C)C)C(c2ccccc2)C1. The summed E-state index contributed by atoms with van der Waals surface area (Å²) in [5.74, 6) is 0.135. The van der Waals surface area contributed by atoms with Crippen molar-refractivity contribution in [3.8, 4) is 0 Å². The number of benzene rings is 1. The molecule has 1 aliphatic heterocycles. The Labute approximate surface area is 140 Å². The van der Waals surface area contributed by atoms with Crippen LogP contribution in [0.2, 0.25) is 0 Å². The second kappa shape index (κ2) is 7.93. The summed E-state index contributed by atoms with van der Waals surface area (Å²) < 4.78 is 0. The van der Waals surface area contributed by atoms with Crippen molar-refractivity contribution < 1.29 is 4.79 Å². The van der Waals surface area contributed by atoms with Gasteiger partial charge in [-0.2, -0.15) is 0 Å². The van der Waals surface area contributed by atoms with Crippen molar-refractivity contribution in [3.05, 3.63) is 35.9 Å². The van der Waals surface area contributed by atoms with Crippen LogP contribution in [-0.2, 0) is 4.79 Å². The lowest BCUT2D eigenvalue weighted by Crippen LogP contribution is -2.47. The van der Waals surface area contributed by atoms with Gasteiger partial charge in [0, 0.05) is 44.2 Å². The first kappa shape index (κ1) is 18.0. The van der Waals surface area contributed by atoms with E-state index in [0.29, 0.717) is 6.04 Å². The van der Waals surface area contributed by atoms with Gasteiger partial charge in [-0.05, 0) is 19.0 Å². The van der Waals surface area contributed by atoms with Gasteiger partial charge < -0.3 is 10.2 Å². The minimum absolute atomic E-state index is 0.135. The number of nitrogens with one attached hydrogen (secondary N) is 1. The molecule has 1 aromatic rings. The zero-order valence-corrected chi connectivity index (χ0v) is 15.0. The first-order valence-corrected chi connectivity index (χ1v) is 8.64. The Morgan fingerprint density at radius 1 is 1.22 bits per heavy atom. The highest BCUT2D eigenvalue weighted by Crippen LogP contribution is 2.24. The van der Waals surface area contributed by atoms with Crippen molar-refractivity contribution in [1.82, 2.24) is 15.1 Å². The van der Waals surface area contributed by atoms with Gasteiger partial charge >= 0.3 is 0 Å². The number of nitrogens with zero attached hydrogens (tertiary/aromatic N) is 2. The number of likely N-dealkylation sites (N-methyl/N-ethyl adjacent to an activating group) is 1. The van der Waals surface area contributed by atoms with E-state index in [9.17, 15) is 4.79 Å². The van der Waals surface area contributed by atoms with Crippen LogP contribution in [0, 0.1) is 5.41 Å². The zero-order valence-electron chi connectivity index (χ0n) is 15.0. The molecule has 23 heavy (non-hydrogen) atoms. The number of carbonyl (C=O) groups excluding carboxylic acids is 1. The summed E-state index contributed by atoms with van der Waals surface area (Å²) in [5.41, 5.74) is 1.08. The molecule has 1 unspecified atom stereocenters. The third-order valence-electron chi connectivity index (χ3n) is 4.47. The fourth-order valence-electron chi connectivity index (χ4n) is 2.97. The molecule has 4 nitrogen and oxygen atoms in total. The molecule has 4 heteroatoms. The molecule has 1 saturated heterocycles. The van der Waals surface area contributed by atoms with Gasteiger partial charge in [-0.1, -0.05) is 51.1 Å². The highest BCUT2D eigenvalue weighted by atomic mass is 16.2. The number of amides is 1. The van der Waals surface area contributed by atoms with E-state index < -0.39 is 0 Å². The first-order chi connectivity index (χ1) is 10.9. The third-order valence-corrected chi connectivity index (χ3v) is 4.47. The van der Waals surface area contributed by atoms with E-state index in [1.54, 1.807) is 0 Å². The molecule has 2 rings (SSSR count). The highest BCUT2D eigenvalue weighted by molar-refractivity contribution is 5.81. The summed E-state index contributed by atoms with van der Waals surface area (Å²) in [5, 5.41) is 3.05. The Balaban J connectivity index is 1.86. The zero-order chi connectivity index (χ0) is 16.9. The molecule has 1 amide bonds. The summed E-state index contributed by atoms with van der Waals surface area (Å²) >= 11 is 0. The van der Waals surface area contributed by atoms with Gasteiger partial charge in [-0.15, -0.1) is 0 Å². The van der Waals surface area contributed by atoms with Gasteiger partial charge in [-0.25, -0.2) is 0 Å². The second-order valence-electron chi connectivity index (χ2n) is 7.58. The average molecular weight is 317 g/mol. The summed E-state index contributed by atoms with van der Waals surface area (Å²) in [6.45, 7) is 10.9. The monoisotopic (exact) mass is 317 g/mol. The predicted molar refractivity (Wildman–Crippen MR) is 95.3 cm³/mol. The van der Waals surface area contributed by atoms with Crippen LogP contribution in [0.1, 0.15) is 38.8 Å². The summed E-state index contributed by atoms with van der Waals surface area (Å²) in [6, 6.07) is 11.2. The molecular weight excluding hydrogens is 286 g/mol. The minimum Gasteiger partial charge on any atom is -0.356 e. The fourth-order valence-corrected chi connectivity index (χ4v) is 2.97. The van der Waals surface area contributed by atoms with Crippen LogP contribution in [-0.4, -0.2) is 55.5 Å². The van der Waals surface area contributed by atoms with Gasteiger partial charge in [0.1, 0.15) is 0 Å². The lowest BCUT2D eigenvalue weighted by atomic mass is 9.96. The largest absolute Gasteiger partial charge is 0.356 e. The molecule has 0 saturated carbocycles. The Kier molecular flexibility index (Phi) is 6.19. The molecule has 1 fully saturated rings. The standard InChI is InChI=1S/C19H31N3O/c1-19(2,3)18(23)20-11-8-12-22-14-13-21(4)15-17(22)16-9-6-5-7-10-16/h5-7,9-10,17H,8,11-15H2,1-4H3,(H,20,23). The number of rotatable bonds is 5. The van der Waals surface area contributed by atoms with Gasteiger partial charge in [-0.3, -0.25) is 9.69 Å². The summed E-state index contributed by atoms with van der Waals surface area (Å²) in [6.07, 6.45) is 0.995. The fraction of sp³-hybridized carbons (Fsp3) is 0.632. The quantitative estimate of drug-likeness (QED) is 0.848. The van der Waals surface area contributed by atoms with E-state index in [2.05, 4.69) is 52.5 Å². The van der Waals surface area contributed by atoms with E-state index in [4.69, 9.17) is 0 Å². The van der Waals surface area contributed by atoms with Gasteiger partial charge in [0.25, 0.3) is 0 Å². The minimum atomic E-state index is -0.305. The van der Waals surface area contributed by atoms with E-state index in [-0.39, 0.29) is 11.3 Å². The maximum absolute atomic E-state index is 11.9. The summed E-state index contributed by atoms with van der Waals surface area (Å²) in [4.78, 5) is 16.9. The van der Waals surface area contributed by atoms with Crippen LogP contribution >= 0.6 is 0 Å². The van der Waals surface area contributed by atoms with Crippen molar-refractivity contribution in [2.45, 2.75) is 33.2 Å². The summed E-state index contributed by atoms with van der Waals surface area (Å²) in [7, 11) is 2.19. The maximum atomic E-state index is 11.9.